The number of aromatic nitrogens is 4. The molecule has 1 N–H and O–H groups in total. The number of nitrogens with zero attached hydrogens (tertiary/aromatic N) is 4. The van der Waals surface area contributed by atoms with Crippen molar-refractivity contribution < 1.29 is 4.79 Å². The molecule has 0 radical (unpaired) electrons. The van der Waals surface area contributed by atoms with E-state index < -0.39 is 0 Å². The molecule has 0 atom stereocenters. The Labute approximate surface area is 148 Å². The van der Waals surface area contributed by atoms with Gasteiger partial charge in [-0.1, -0.05) is 12.1 Å². The molecule has 0 fully saturated rings. The van der Waals surface area contributed by atoms with E-state index in [2.05, 4.69) is 20.4 Å². The monoisotopic (exact) mass is 349 g/mol. The smallest absolute Gasteiger partial charge is 0.261 e. The van der Waals surface area contributed by atoms with Crippen molar-refractivity contribution in [3.8, 4) is 11.3 Å². The molecule has 6 nitrogen and oxygen atoms in total. The van der Waals surface area contributed by atoms with Gasteiger partial charge in [0.15, 0.2) is 5.65 Å². The van der Waals surface area contributed by atoms with Crippen LogP contribution in [0.25, 0.3) is 16.9 Å². The van der Waals surface area contributed by atoms with Crippen LogP contribution in [0.15, 0.2) is 48.1 Å². The van der Waals surface area contributed by atoms with Crippen LogP contribution in [0.1, 0.15) is 21.1 Å². The zero-order chi connectivity index (χ0) is 17.4. The Hall–Kier alpha value is -3.06. The summed E-state index contributed by atoms with van der Waals surface area (Å²) in [6.45, 7) is 3.78. The first-order chi connectivity index (χ1) is 12.1. The van der Waals surface area contributed by atoms with Crippen LogP contribution >= 0.6 is 11.3 Å². The molecule has 3 aromatic heterocycles. The lowest BCUT2D eigenvalue weighted by Gasteiger charge is -2.06. The molecule has 0 saturated heterocycles. The van der Waals surface area contributed by atoms with Gasteiger partial charge in [-0.25, -0.2) is 14.5 Å². The molecule has 0 bridgehead atoms. The number of nitrogens with one attached hydrogen (secondary N) is 1. The number of aryl methyl sites for hydroxylation is 2. The van der Waals surface area contributed by atoms with Crippen LogP contribution in [0.4, 0.5) is 5.69 Å². The van der Waals surface area contributed by atoms with Gasteiger partial charge in [0.1, 0.15) is 5.56 Å². The average Bonchev–Trinajstić information content (AvgIpc) is 3.17. The van der Waals surface area contributed by atoms with Crippen molar-refractivity contribution in [3.63, 3.8) is 0 Å². The van der Waals surface area contributed by atoms with Gasteiger partial charge in [0.25, 0.3) is 5.91 Å². The molecule has 0 aliphatic rings. The Morgan fingerprint density at radius 2 is 2.12 bits per heavy atom. The lowest BCUT2D eigenvalue weighted by molar-refractivity contribution is 0.102. The summed E-state index contributed by atoms with van der Waals surface area (Å²) in [5, 5.41) is 10.3. The SMILES string of the molecule is Cc1nc(-c2cccc(NC(=O)c3c(C)nn4cccnc34)c2)cs1. The van der Waals surface area contributed by atoms with Gasteiger partial charge in [0, 0.05) is 29.0 Å². The molecule has 0 aliphatic heterocycles. The quantitative estimate of drug-likeness (QED) is 0.612. The van der Waals surface area contributed by atoms with Crippen LogP contribution in [0.2, 0.25) is 0 Å². The number of rotatable bonds is 3. The van der Waals surface area contributed by atoms with Crippen LogP contribution in [0.3, 0.4) is 0 Å². The summed E-state index contributed by atoms with van der Waals surface area (Å²) >= 11 is 1.60. The van der Waals surface area contributed by atoms with E-state index in [1.165, 1.54) is 0 Å². The molecule has 1 aromatic carbocycles. The summed E-state index contributed by atoms with van der Waals surface area (Å²) in [5.74, 6) is -0.224. The average molecular weight is 349 g/mol. The molecular weight excluding hydrogens is 334 g/mol. The minimum absolute atomic E-state index is 0.224. The maximum absolute atomic E-state index is 12.7. The van der Waals surface area contributed by atoms with Gasteiger partial charge in [0.05, 0.1) is 16.4 Å². The zero-order valence-corrected chi connectivity index (χ0v) is 14.5. The number of anilines is 1. The van der Waals surface area contributed by atoms with Crippen molar-refractivity contribution in [1.82, 2.24) is 19.6 Å². The number of carbonyl (C=O) groups excluding carboxylic acids is 1. The first-order valence-corrected chi connectivity index (χ1v) is 8.63. The van der Waals surface area contributed by atoms with Crippen LogP contribution in [0.5, 0.6) is 0 Å². The Morgan fingerprint density at radius 3 is 2.92 bits per heavy atom. The normalized spacial score (nSPS) is 11.0. The standard InChI is InChI=1S/C18H15N5OS/c1-11-16(17-19-7-4-8-23(17)22-11)18(24)21-14-6-3-5-13(9-14)15-10-25-12(2)20-15/h3-10H,1-2H3,(H,21,24). The Balaban J connectivity index is 1.66. The van der Waals surface area contributed by atoms with E-state index in [-0.39, 0.29) is 5.91 Å². The summed E-state index contributed by atoms with van der Waals surface area (Å²) in [6.07, 6.45) is 3.43. The van der Waals surface area contributed by atoms with E-state index in [9.17, 15) is 4.79 Å². The molecule has 7 heteroatoms. The number of hydrogen-bond donors (Lipinski definition) is 1. The minimum atomic E-state index is -0.224. The Kier molecular flexibility index (Phi) is 3.77. The number of thiazole rings is 1. The molecule has 4 aromatic rings. The second-order valence-electron chi connectivity index (χ2n) is 5.63. The molecule has 3 heterocycles. The first-order valence-electron chi connectivity index (χ1n) is 7.76. The topological polar surface area (TPSA) is 72.2 Å². The van der Waals surface area contributed by atoms with E-state index >= 15 is 0 Å². The number of benzene rings is 1. The highest BCUT2D eigenvalue weighted by Gasteiger charge is 2.18. The number of fused-ring (bicyclic) bond motifs is 1. The molecule has 124 valence electrons. The fourth-order valence-electron chi connectivity index (χ4n) is 2.71. The highest BCUT2D eigenvalue weighted by Crippen LogP contribution is 2.25. The van der Waals surface area contributed by atoms with E-state index in [0.717, 1.165) is 16.3 Å². The fourth-order valence-corrected chi connectivity index (χ4v) is 3.33. The van der Waals surface area contributed by atoms with E-state index in [0.29, 0.717) is 22.6 Å². The van der Waals surface area contributed by atoms with Gasteiger partial charge in [-0.15, -0.1) is 11.3 Å². The summed E-state index contributed by atoms with van der Waals surface area (Å²) in [5.41, 5.74) is 4.26. The Morgan fingerprint density at radius 1 is 1.24 bits per heavy atom. The molecule has 25 heavy (non-hydrogen) atoms. The van der Waals surface area contributed by atoms with Crippen molar-refractivity contribution in [2.45, 2.75) is 13.8 Å². The summed E-state index contributed by atoms with van der Waals surface area (Å²) in [6, 6.07) is 9.43. The number of carbonyl (C=O) groups is 1. The maximum atomic E-state index is 12.7. The lowest BCUT2D eigenvalue weighted by atomic mass is 10.1. The van der Waals surface area contributed by atoms with Crippen LogP contribution in [0, 0.1) is 13.8 Å². The third-order valence-corrected chi connectivity index (χ3v) is 4.61. The fraction of sp³-hybridized carbons (Fsp3) is 0.111. The molecular formula is C18H15N5OS. The van der Waals surface area contributed by atoms with Crippen molar-refractivity contribution in [1.29, 1.82) is 0 Å². The second-order valence-corrected chi connectivity index (χ2v) is 6.70. The third-order valence-electron chi connectivity index (χ3n) is 3.83. The Bertz CT molecular complexity index is 1080. The van der Waals surface area contributed by atoms with Crippen LogP contribution in [-0.4, -0.2) is 25.5 Å². The van der Waals surface area contributed by atoms with Gasteiger partial charge in [0.2, 0.25) is 0 Å². The van der Waals surface area contributed by atoms with Gasteiger partial charge < -0.3 is 5.32 Å². The number of amides is 1. The maximum Gasteiger partial charge on any atom is 0.261 e. The van der Waals surface area contributed by atoms with Gasteiger partial charge >= 0.3 is 0 Å². The van der Waals surface area contributed by atoms with Crippen LogP contribution in [-0.2, 0) is 0 Å². The molecule has 4 rings (SSSR count). The highest BCUT2D eigenvalue weighted by molar-refractivity contribution is 7.09. The number of hydrogen-bond acceptors (Lipinski definition) is 5. The van der Waals surface area contributed by atoms with Gasteiger partial charge in [-0.3, -0.25) is 4.79 Å². The first kappa shape index (κ1) is 15.5. The van der Waals surface area contributed by atoms with Crippen molar-refractivity contribution in [2.75, 3.05) is 5.32 Å². The second kappa shape index (κ2) is 6.10. The lowest BCUT2D eigenvalue weighted by Crippen LogP contribution is -2.13. The summed E-state index contributed by atoms with van der Waals surface area (Å²) in [7, 11) is 0. The van der Waals surface area contributed by atoms with Crippen molar-refractivity contribution in [3.05, 3.63) is 64.4 Å². The van der Waals surface area contributed by atoms with Gasteiger partial charge in [-0.05, 0) is 32.0 Å². The third kappa shape index (κ3) is 2.89. The van der Waals surface area contributed by atoms with E-state index in [4.69, 9.17) is 0 Å². The summed E-state index contributed by atoms with van der Waals surface area (Å²) in [4.78, 5) is 21.5. The van der Waals surface area contributed by atoms with Crippen LogP contribution < -0.4 is 5.32 Å². The largest absolute Gasteiger partial charge is 0.322 e. The minimum Gasteiger partial charge on any atom is -0.322 e. The molecule has 0 aliphatic carbocycles. The van der Waals surface area contributed by atoms with Crippen molar-refractivity contribution in [2.24, 2.45) is 0 Å². The van der Waals surface area contributed by atoms with E-state index in [1.807, 2.05) is 36.6 Å². The summed E-state index contributed by atoms with van der Waals surface area (Å²) < 4.78 is 1.61. The highest BCUT2D eigenvalue weighted by atomic mass is 32.1. The van der Waals surface area contributed by atoms with Gasteiger partial charge in [-0.2, -0.15) is 5.10 Å². The predicted octanol–water partition coefficient (Wildman–Crippen LogP) is 3.72. The molecule has 0 saturated carbocycles. The molecule has 1 amide bonds. The predicted molar refractivity (Wildman–Crippen MR) is 98.0 cm³/mol. The molecule has 0 unspecified atom stereocenters. The van der Waals surface area contributed by atoms with E-state index in [1.54, 1.807) is 41.2 Å². The zero-order valence-electron chi connectivity index (χ0n) is 13.7. The van der Waals surface area contributed by atoms with Crippen molar-refractivity contribution >= 4 is 28.6 Å². The molecule has 0 spiro atoms.